The number of fused-ring (bicyclic) bond motifs is 7. The Bertz CT molecular complexity index is 760. The van der Waals surface area contributed by atoms with E-state index < -0.39 is 5.79 Å². The highest BCUT2D eigenvalue weighted by Crippen LogP contribution is 2.70. The molecule has 12 atom stereocenters. The number of alkyl halides is 1. The van der Waals surface area contributed by atoms with Gasteiger partial charge in [-0.25, -0.2) is 0 Å². The molecule has 0 amide bonds. The Kier molecular flexibility index (Phi) is 5.04. The Labute approximate surface area is 202 Å². The fourth-order valence-corrected chi connectivity index (χ4v) is 10.8. The number of carbonyl (C=O) groups is 1. The Morgan fingerprint density at radius 3 is 2.55 bits per heavy atom. The van der Waals surface area contributed by atoms with Gasteiger partial charge in [-0.3, -0.25) is 4.79 Å². The first-order valence-corrected chi connectivity index (χ1v) is 14.4. The lowest BCUT2D eigenvalue weighted by atomic mass is 9.44. The van der Waals surface area contributed by atoms with Crippen LogP contribution in [0, 0.1) is 52.3 Å². The van der Waals surface area contributed by atoms with Gasteiger partial charge in [-0.1, -0.05) is 50.3 Å². The smallest absolute Gasteiger partial charge is 0.171 e. The number of carbonyl (C=O) groups excluding carboxylic acids is 1. The van der Waals surface area contributed by atoms with Crippen molar-refractivity contribution in [2.75, 3.05) is 6.61 Å². The molecule has 0 N–H and O–H groups in total. The minimum absolute atomic E-state index is 0.204. The standard InChI is InChI=1S/C27H41IO3/c1-15-7-10-27(30-14-15)16(2)24-22(31-27)12-21-19-6-5-17-11-18(28)8-9-25(17,3)20(19)13-23(29)26(21,24)4/h15-22,24H,5-14H2,1-4H3/t15-,16-,17-,18+,19-,20-,21-,22-,24+,25+,26-,27-/m1/s1. The number of hydrogen-bond acceptors (Lipinski definition) is 3. The van der Waals surface area contributed by atoms with Crippen LogP contribution in [0.4, 0.5) is 0 Å². The molecule has 2 aliphatic heterocycles. The summed E-state index contributed by atoms with van der Waals surface area (Å²) in [6, 6.07) is 0. The molecule has 0 aromatic carbocycles. The number of ketones is 1. The number of halogens is 1. The van der Waals surface area contributed by atoms with Gasteiger partial charge < -0.3 is 9.47 Å². The largest absolute Gasteiger partial charge is 0.349 e. The molecule has 4 heteroatoms. The van der Waals surface area contributed by atoms with Crippen molar-refractivity contribution >= 4 is 28.4 Å². The fraction of sp³-hybridized carbons (Fsp3) is 0.963. The average Bonchev–Trinajstić information content (AvgIpc) is 3.18. The molecule has 0 radical (unpaired) electrons. The zero-order chi connectivity index (χ0) is 21.8. The minimum atomic E-state index is -0.421. The first kappa shape index (κ1) is 21.8. The van der Waals surface area contributed by atoms with Gasteiger partial charge in [0.2, 0.25) is 0 Å². The van der Waals surface area contributed by atoms with E-state index in [-0.39, 0.29) is 11.5 Å². The third-order valence-corrected chi connectivity index (χ3v) is 12.9. The van der Waals surface area contributed by atoms with E-state index in [1.165, 1.54) is 38.5 Å². The van der Waals surface area contributed by atoms with Crippen molar-refractivity contribution in [1.82, 2.24) is 0 Å². The monoisotopic (exact) mass is 540 g/mol. The predicted molar refractivity (Wildman–Crippen MR) is 130 cm³/mol. The van der Waals surface area contributed by atoms with Crippen LogP contribution in [-0.4, -0.2) is 28.2 Å². The summed E-state index contributed by atoms with van der Waals surface area (Å²) in [6.45, 7) is 10.3. The molecule has 6 fully saturated rings. The van der Waals surface area contributed by atoms with E-state index in [1.807, 2.05) is 0 Å². The highest BCUT2D eigenvalue weighted by atomic mass is 127. The van der Waals surface area contributed by atoms with E-state index in [0.29, 0.717) is 40.8 Å². The van der Waals surface area contributed by atoms with Crippen LogP contribution >= 0.6 is 22.6 Å². The van der Waals surface area contributed by atoms with Gasteiger partial charge in [-0.05, 0) is 80.0 Å². The third kappa shape index (κ3) is 2.85. The van der Waals surface area contributed by atoms with Gasteiger partial charge in [0.25, 0.3) is 0 Å². The normalized spacial score (nSPS) is 60.9. The Morgan fingerprint density at radius 1 is 1.00 bits per heavy atom. The zero-order valence-electron chi connectivity index (χ0n) is 19.9. The highest BCUT2D eigenvalue weighted by Gasteiger charge is 2.71. The van der Waals surface area contributed by atoms with E-state index in [2.05, 4.69) is 50.3 Å². The Balaban J connectivity index is 1.30. The molecule has 0 unspecified atom stereocenters. The Hall–Kier alpha value is 0.320. The van der Waals surface area contributed by atoms with Crippen LogP contribution in [0.1, 0.15) is 85.5 Å². The maximum absolute atomic E-state index is 14.0. The first-order chi connectivity index (χ1) is 14.7. The second kappa shape index (κ2) is 7.16. The van der Waals surface area contributed by atoms with Gasteiger partial charge in [0.15, 0.2) is 5.79 Å². The first-order valence-electron chi connectivity index (χ1n) is 13.2. The number of ether oxygens (including phenoxy) is 2. The van der Waals surface area contributed by atoms with Gasteiger partial charge >= 0.3 is 0 Å². The summed E-state index contributed by atoms with van der Waals surface area (Å²) in [5.74, 6) is 4.11. The predicted octanol–water partition coefficient (Wildman–Crippen LogP) is 6.42. The summed E-state index contributed by atoms with van der Waals surface area (Å²) in [5, 5.41) is 0. The second-order valence-corrected chi connectivity index (χ2v) is 14.7. The summed E-state index contributed by atoms with van der Waals surface area (Å²) >= 11 is 2.68. The molecule has 4 aliphatic carbocycles. The lowest BCUT2D eigenvalue weighted by Crippen LogP contribution is -2.58. The maximum atomic E-state index is 14.0. The van der Waals surface area contributed by atoms with Crippen LogP contribution in [0.5, 0.6) is 0 Å². The van der Waals surface area contributed by atoms with Crippen molar-refractivity contribution in [3.8, 4) is 0 Å². The van der Waals surface area contributed by atoms with Crippen molar-refractivity contribution in [3.05, 3.63) is 0 Å². The quantitative estimate of drug-likeness (QED) is 0.263. The van der Waals surface area contributed by atoms with Crippen molar-refractivity contribution in [1.29, 1.82) is 0 Å². The second-order valence-electron chi connectivity index (χ2n) is 12.9. The van der Waals surface area contributed by atoms with Crippen LogP contribution in [0.2, 0.25) is 0 Å². The topological polar surface area (TPSA) is 35.5 Å². The molecule has 2 heterocycles. The SMILES string of the molecule is C[C@@H]1CC[C@@]2(OC1)O[C@@H]1C[C@@H]3[C@@H]4CC[C@@H]5C[C@@H](I)CC[C@]5(C)[C@@H]4CC(=O)[C@]3(C)[C@H]1[C@H]2C. The molecule has 174 valence electrons. The average molecular weight is 541 g/mol. The molecular weight excluding hydrogens is 499 g/mol. The van der Waals surface area contributed by atoms with E-state index >= 15 is 0 Å². The molecule has 6 aliphatic rings. The summed E-state index contributed by atoms with van der Waals surface area (Å²) in [4.78, 5) is 14.0. The molecule has 4 saturated carbocycles. The molecule has 0 aromatic heterocycles. The summed E-state index contributed by atoms with van der Waals surface area (Å²) in [7, 11) is 0. The molecule has 6 rings (SSSR count). The van der Waals surface area contributed by atoms with Crippen LogP contribution in [-0.2, 0) is 14.3 Å². The molecule has 0 aromatic rings. The van der Waals surface area contributed by atoms with Crippen LogP contribution < -0.4 is 0 Å². The van der Waals surface area contributed by atoms with E-state index in [9.17, 15) is 4.79 Å². The zero-order valence-corrected chi connectivity index (χ0v) is 22.0. The summed E-state index contributed by atoms with van der Waals surface area (Å²) in [6.07, 6.45) is 11.1. The molecular formula is C27H41IO3. The third-order valence-electron chi connectivity index (χ3n) is 11.7. The van der Waals surface area contributed by atoms with E-state index in [1.54, 1.807) is 0 Å². The van der Waals surface area contributed by atoms with Crippen LogP contribution in [0.25, 0.3) is 0 Å². The van der Waals surface area contributed by atoms with Crippen molar-refractivity contribution in [3.63, 3.8) is 0 Å². The molecule has 2 saturated heterocycles. The van der Waals surface area contributed by atoms with Crippen LogP contribution in [0.3, 0.4) is 0 Å². The van der Waals surface area contributed by atoms with Crippen molar-refractivity contribution in [2.45, 2.75) is 101 Å². The van der Waals surface area contributed by atoms with Gasteiger partial charge in [-0.2, -0.15) is 0 Å². The number of hydrogen-bond donors (Lipinski definition) is 0. The lowest BCUT2D eigenvalue weighted by Gasteiger charge is -2.60. The minimum Gasteiger partial charge on any atom is -0.349 e. The summed E-state index contributed by atoms with van der Waals surface area (Å²) in [5.41, 5.74) is 0.181. The number of rotatable bonds is 0. The van der Waals surface area contributed by atoms with Gasteiger partial charge in [0.05, 0.1) is 12.7 Å². The molecule has 1 spiro atoms. The van der Waals surface area contributed by atoms with Crippen molar-refractivity contribution < 1.29 is 14.3 Å². The molecule has 3 nitrogen and oxygen atoms in total. The lowest BCUT2D eigenvalue weighted by molar-refractivity contribution is -0.272. The van der Waals surface area contributed by atoms with Gasteiger partial charge in [0.1, 0.15) is 5.78 Å². The Morgan fingerprint density at radius 2 is 1.81 bits per heavy atom. The molecule has 31 heavy (non-hydrogen) atoms. The summed E-state index contributed by atoms with van der Waals surface area (Å²) < 4.78 is 14.1. The fourth-order valence-electron chi connectivity index (χ4n) is 9.90. The molecule has 0 bridgehead atoms. The van der Waals surface area contributed by atoms with Crippen LogP contribution in [0.15, 0.2) is 0 Å². The van der Waals surface area contributed by atoms with E-state index in [0.717, 1.165) is 41.6 Å². The maximum Gasteiger partial charge on any atom is 0.171 e. The van der Waals surface area contributed by atoms with Gasteiger partial charge in [-0.15, -0.1) is 0 Å². The highest BCUT2D eigenvalue weighted by molar-refractivity contribution is 14.1. The van der Waals surface area contributed by atoms with E-state index in [4.69, 9.17) is 9.47 Å². The number of Topliss-reactive ketones (excluding diaryl/α,β-unsaturated/α-hetero) is 1. The van der Waals surface area contributed by atoms with Crippen molar-refractivity contribution in [2.24, 2.45) is 52.3 Å². The van der Waals surface area contributed by atoms with Gasteiger partial charge in [0, 0.05) is 34.0 Å².